The molecule has 0 radical (unpaired) electrons. The number of rotatable bonds is 7. The Hall–Kier alpha value is -0.720. The van der Waals surface area contributed by atoms with E-state index in [1.165, 1.54) is 12.4 Å². The Morgan fingerprint density at radius 3 is 2.32 bits per heavy atom. The quantitative estimate of drug-likeness (QED) is 0.786. The van der Waals surface area contributed by atoms with Crippen molar-refractivity contribution in [3.05, 3.63) is 17.7 Å². The van der Waals surface area contributed by atoms with E-state index in [0.717, 1.165) is 19.3 Å². The second-order valence-electron chi connectivity index (χ2n) is 5.03. The maximum absolute atomic E-state index is 12.0. The van der Waals surface area contributed by atoms with Gasteiger partial charge in [0, 0.05) is 6.04 Å². The Morgan fingerprint density at radius 2 is 1.79 bits per heavy atom. The molecule has 0 aromatic carbocycles. The van der Waals surface area contributed by atoms with Gasteiger partial charge in [0.15, 0.2) is 0 Å². The Balaban J connectivity index is 2.57. The molecule has 5 nitrogen and oxygen atoms in total. The minimum Gasteiger partial charge on any atom is -0.225 e. The summed E-state index contributed by atoms with van der Waals surface area (Å²) in [4.78, 5) is 7.38. The van der Waals surface area contributed by atoms with Gasteiger partial charge in [-0.2, -0.15) is 0 Å². The highest BCUT2D eigenvalue weighted by molar-refractivity contribution is 7.89. The highest BCUT2D eigenvalue weighted by Gasteiger charge is 2.18. The van der Waals surface area contributed by atoms with Gasteiger partial charge in [0.25, 0.3) is 0 Å². The number of sulfonamides is 1. The lowest BCUT2D eigenvalue weighted by Gasteiger charge is -2.14. The average molecular weight is 306 g/mol. The van der Waals surface area contributed by atoms with Crippen molar-refractivity contribution in [1.82, 2.24) is 14.7 Å². The first kappa shape index (κ1) is 16.3. The summed E-state index contributed by atoms with van der Waals surface area (Å²) >= 11 is 5.53. The fourth-order valence-electron chi connectivity index (χ4n) is 1.66. The maximum atomic E-state index is 12.0. The molecule has 108 valence electrons. The summed E-state index contributed by atoms with van der Waals surface area (Å²) in [5, 5.41) is 0.0314. The SMILES string of the molecule is CC(C)CCCC(C)NS(=O)(=O)c1cnc(Cl)nc1. The molecular weight excluding hydrogens is 286 g/mol. The molecule has 0 saturated carbocycles. The molecule has 19 heavy (non-hydrogen) atoms. The molecule has 0 spiro atoms. The minimum atomic E-state index is -3.56. The van der Waals surface area contributed by atoms with Crippen LogP contribution in [0.2, 0.25) is 5.28 Å². The summed E-state index contributed by atoms with van der Waals surface area (Å²) in [6.45, 7) is 6.16. The molecule has 1 heterocycles. The van der Waals surface area contributed by atoms with Crippen LogP contribution in [0.1, 0.15) is 40.0 Å². The van der Waals surface area contributed by atoms with Gasteiger partial charge in [-0.05, 0) is 30.9 Å². The molecule has 0 aliphatic rings. The van der Waals surface area contributed by atoms with Gasteiger partial charge in [0.1, 0.15) is 4.90 Å². The Bertz CT molecular complexity index is 488. The van der Waals surface area contributed by atoms with Crippen LogP contribution in [0.15, 0.2) is 17.3 Å². The molecule has 0 aliphatic carbocycles. The van der Waals surface area contributed by atoms with E-state index < -0.39 is 10.0 Å². The van der Waals surface area contributed by atoms with Crippen molar-refractivity contribution in [2.45, 2.75) is 51.0 Å². The van der Waals surface area contributed by atoms with Crippen molar-refractivity contribution >= 4 is 21.6 Å². The molecular formula is C12H20ClN3O2S. The van der Waals surface area contributed by atoms with Crippen LogP contribution >= 0.6 is 11.6 Å². The van der Waals surface area contributed by atoms with Gasteiger partial charge < -0.3 is 0 Å². The Morgan fingerprint density at radius 1 is 1.21 bits per heavy atom. The van der Waals surface area contributed by atoms with Gasteiger partial charge in [-0.15, -0.1) is 0 Å². The summed E-state index contributed by atoms with van der Waals surface area (Å²) in [6.07, 6.45) is 5.32. The van der Waals surface area contributed by atoms with E-state index in [4.69, 9.17) is 11.6 Å². The Kier molecular flexibility index (Phi) is 6.16. The van der Waals surface area contributed by atoms with E-state index in [-0.39, 0.29) is 16.2 Å². The lowest BCUT2D eigenvalue weighted by Crippen LogP contribution is -2.32. The minimum absolute atomic E-state index is 0.0314. The van der Waals surface area contributed by atoms with Crippen LogP contribution < -0.4 is 4.72 Å². The molecule has 0 fully saturated rings. The van der Waals surface area contributed by atoms with Crippen molar-refractivity contribution in [1.29, 1.82) is 0 Å². The van der Waals surface area contributed by atoms with Crippen LogP contribution in [0.4, 0.5) is 0 Å². The van der Waals surface area contributed by atoms with Crippen LogP contribution in [-0.4, -0.2) is 24.4 Å². The lowest BCUT2D eigenvalue weighted by molar-refractivity contribution is 0.488. The first-order valence-electron chi connectivity index (χ1n) is 6.31. The van der Waals surface area contributed by atoms with Crippen molar-refractivity contribution < 1.29 is 8.42 Å². The van der Waals surface area contributed by atoms with Gasteiger partial charge in [-0.1, -0.05) is 26.7 Å². The number of aromatic nitrogens is 2. The highest BCUT2D eigenvalue weighted by atomic mass is 35.5. The number of halogens is 1. The molecule has 0 saturated heterocycles. The normalized spacial score (nSPS) is 13.7. The zero-order valence-corrected chi connectivity index (χ0v) is 13.0. The predicted octanol–water partition coefficient (Wildman–Crippen LogP) is 2.62. The lowest BCUT2D eigenvalue weighted by atomic mass is 10.0. The highest BCUT2D eigenvalue weighted by Crippen LogP contribution is 2.12. The van der Waals surface area contributed by atoms with Crippen LogP contribution in [0, 0.1) is 5.92 Å². The molecule has 0 bridgehead atoms. The smallest absolute Gasteiger partial charge is 0.225 e. The molecule has 1 unspecified atom stereocenters. The van der Waals surface area contributed by atoms with Gasteiger partial charge in [0.2, 0.25) is 15.3 Å². The summed E-state index contributed by atoms with van der Waals surface area (Å²) in [5.74, 6) is 0.633. The molecule has 0 amide bonds. The predicted molar refractivity (Wildman–Crippen MR) is 75.5 cm³/mol. The molecule has 1 aromatic heterocycles. The summed E-state index contributed by atoms with van der Waals surface area (Å²) in [7, 11) is -3.56. The third kappa shape index (κ3) is 5.84. The van der Waals surface area contributed by atoms with E-state index in [1.54, 1.807) is 0 Å². The number of nitrogens with one attached hydrogen (secondary N) is 1. The maximum Gasteiger partial charge on any atom is 0.243 e. The second-order valence-corrected chi connectivity index (χ2v) is 7.09. The summed E-state index contributed by atoms with van der Waals surface area (Å²) in [5.41, 5.74) is 0. The van der Waals surface area contributed by atoms with Gasteiger partial charge in [0.05, 0.1) is 12.4 Å². The fraction of sp³-hybridized carbons (Fsp3) is 0.667. The molecule has 1 aromatic rings. The second kappa shape index (κ2) is 7.17. The standard InChI is InChI=1S/C12H20ClN3O2S/c1-9(2)5-4-6-10(3)16-19(17,18)11-7-14-12(13)15-8-11/h7-10,16H,4-6H2,1-3H3. The van der Waals surface area contributed by atoms with Crippen LogP contribution in [0.3, 0.4) is 0 Å². The van der Waals surface area contributed by atoms with Crippen molar-refractivity contribution in [3.63, 3.8) is 0 Å². The van der Waals surface area contributed by atoms with E-state index in [0.29, 0.717) is 5.92 Å². The monoisotopic (exact) mass is 305 g/mol. The largest absolute Gasteiger partial charge is 0.243 e. The van der Waals surface area contributed by atoms with Gasteiger partial charge >= 0.3 is 0 Å². The van der Waals surface area contributed by atoms with E-state index in [1.807, 2.05) is 6.92 Å². The summed E-state index contributed by atoms with van der Waals surface area (Å²) in [6, 6.07) is -0.112. The zero-order chi connectivity index (χ0) is 14.5. The first-order valence-corrected chi connectivity index (χ1v) is 8.17. The van der Waals surface area contributed by atoms with Crippen molar-refractivity contribution in [2.24, 2.45) is 5.92 Å². The molecule has 1 atom stereocenters. The number of hydrogen-bond acceptors (Lipinski definition) is 4. The zero-order valence-electron chi connectivity index (χ0n) is 11.4. The van der Waals surface area contributed by atoms with Crippen LogP contribution in [0.5, 0.6) is 0 Å². The van der Waals surface area contributed by atoms with E-state index in [2.05, 4.69) is 28.5 Å². The van der Waals surface area contributed by atoms with E-state index in [9.17, 15) is 8.42 Å². The third-order valence-electron chi connectivity index (χ3n) is 2.68. The van der Waals surface area contributed by atoms with Crippen molar-refractivity contribution in [3.8, 4) is 0 Å². The fourth-order valence-corrected chi connectivity index (χ4v) is 2.93. The van der Waals surface area contributed by atoms with Gasteiger partial charge in [-0.25, -0.2) is 23.1 Å². The van der Waals surface area contributed by atoms with Crippen LogP contribution in [-0.2, 0) is 10.0 Å². The third-order valence-corrected chi connectivity index (χ3v) is 4.42. The molecule has 7 heteroatoms. The summed E-state index contributed by atoms with van der Waals surface area (Å²) < 4.78 is 26.6. The molecule has 1 rings (SSSR count). The topological polar surface area (TPSA) is 72.0 Å². The molecule has 1 N–H and O–H groups in total. The van der Waals surface area contributed by atoms with E-state index >= 15 is 0 Å². The average Bonchev–Trinajstić information content (AvgIpc) is 2.28. The van der Waals surface area contributed by atoms with Crippen molar-refractivity contribution in [2.75, 3.05) is 0 Å². The number of hydrogen-bond donors (Lipinski definition) is 1. The number of nitrogens with zero attached hydrogens (tertiary/aromatic N) is 2. The van der Waals surface area contributed by atoms with Gasteiger partial charge in [-0.3, -0.25) is 0 Å². The van der Waals surface area contributed by atoms with Crippen LogP contribution in [0.25, 0.3) is 0 Å². The molecule has 0 aliphatic heterocycles. The first-order chi connectivity index (χ1) is 8.81. The Labute approximate surface area is 119 Å².